The first-order valence-electron chi connectivity index (χ1n) is 6.53. The monoisotopic (exact) mass is 254 g/mol. The van der Waals surface area contributed by atoms with E-state index in [1.54, 1.807) is 0 Å². The van der Waals surface area contributed by atoms with Crippen molar-refractivity contribution in [1.29, 1.82) is 0 Å². The van der Waals surface area contributed by atoms with Crippen molar-refractivity contribution in [1.82, 2.24) is 0 Å². The summed E-state index contributed by atoms with van der Waals surface area (Å²) in [5.41, 5.74) is -0.804. The Morgan fingerprint density at radius 2 is 1.17 bits per heavy atom. The van der Waals surface area contributed by atoms with Crippen LogP contribution >= 0.6 is 0 Å². The molecule has 104 valence electrons. The summed E-state index contributed by atoms with van der Waals surface area (Å²) in [6.45, 7) is 11.1. The first-order chi connectivity index (χ1) is 7.94. The van der Waals surface area contributed by atoms with Crippen LogP contribution in [-0.4, -0.2) is 17.3 Å². The van der Waals surface area contributed by atoms with Crippen LogP contribution in [0.1, 0.15) is 67.2 Å². The van der Waals surface area contributed by atoms with Gasteiger partial charge in [0.1, 0.15) is 17.3 Å². The van der Waals surface area contributed by atoms with Crippen molar-refractivity contribution in [3.05, 3.63) is 0 Å². The smallest absolute Gasteiger partial charge is 0.145 e. The molecule has 0 aromatic rings. The van der Waals surface area contributed by atoms with Crippen LogP contribution in [0.2, 0.25) is 0 Å². The van der Waals surface area contributed by atoms with Crippen LogP contribution in [0.4, 0.5) is 0 Å². The average Bonchev–Trinajstić information content (AvgIpc) is 2.14. The molecule has 0 fully saturated rings. The minimum atomic E-state index is -0.461. The van der Waals surface area contributed by atoms with E-state index in [9.17, 15) is 14.4 Å². The lowest BCUT2D eigenvalue weighted by Crippen LogP contribution is -2.23. The largest absolute Gasteiger partial charge is 0.299 e. The van der Waals surface area contributed by atoms with Crippen molar-refractivity contribution >= 4 is 17.3 Å². The Morgan fingerprint density at radius 3 is 1.56 bits per heavy atom. The minimum Gasteiger partial charge on any atom is -0.299 e. The van der Waals surface area contributed by atoms with E-state index in [2.05, 4.69) is 0 Å². The first-order valence-corrected chi connectivity index (χ1v) is 6.53. The lowest BCUT2D eigenvalue weighted by atomic mass is 9.86. The van der Waals surface area contributed by atoms with E-state index in [-0.39, 0.29) is 29.2 Å². The first kappa shape index (κ1) is 17.0. The van der Waals surface area contributed by atoms with Gasteiger partial charge < -0.3 is 0 Å². The van der Waals surface area contributed by atoms with Crippen molar-refractivity contribution in [3.63, 3.8) is 0 Å². The Morgan fingerprint density at radius 1 is 0.722 bits per heavy atom. The summed E-state index contributed by atoms with van der Waals surface area (Å²) in [6.07, 6.45) is 1.28. The number of ketones is 3. The maximum absolute atomic E-state index is 11.6. The van der Waals surface area contributed by atoms with E-state index in [0.29, 0.717) is 19.3 Å². The summed E-state index contributed by atoms with van der Waals surface area (Å²) in [7, 11) is 0. The van der Waals surface area contributed by atoms with Crippen LogP contribution in [0.25, 0.3) is 0 Å². The predicted molar refractivity (Wildman–Crippen MR) is 72.4 cm³/mol. The van der Waals surface area contributed by atoms with E-state index in [1.807, 2.05) is 41.5 Å². The van der Waals surface area contributed by atoms with Crippen molar-refractivity contribution in [2.24, 2.45) is 10.8 Å². The molecule has 0 saturated carbocycles. The molecule has 3 nitrogen and oxygen atoms in total. The lowest BCUT2D eigenvalue weighted by Gasteiger charge is -2.17. The van der Waals surface area contributed by atoms with Gasteiger partial charge in [0.05, 0.1) is 6.42 Å². The zero-order valence-electron chi connectivity index (χ0n) is 12.6. The zero-order chi connectivity index (χ0) is 14.6. The van der Waals surface area contributed by atoms with Crippen LogP contribution in [0, 0.1) is 10.8 Å². The molecule has 0 saturated heterocycles. The fourth-order valence-electron chi connectivity index (χ4n) is 1.35. The van der Waals surface area contributed by atoms with Gasteiger partial charge in [-0.2, -0.15) is 0 Å². The van der Waals surface area contributed by atoms with Gasteiger partial charge in [-0.1, -0.05) is 41.5 Å². The van der Waals surface area contributed by atoms with Crippen LogP contribution in [0.5, 0.6) is 0 Å². The van der Waals surface area contributed by atoms with Gasteiger partial charge in [-0.3, -0.25) is 14.4 Å². The molecule has 0 amide bonds. The standard InChI is InChI=1S/C15H26O3/c1-14(2,3)12(17)9-7-8-11(16)10-13(18)15(4,5)6/h7-10H2,1-6H3. The topological polar surface area (TPSA) is 51.2 Å². The molecule has 0 heterocycles. The summed E-state index contributed by atoms with van der Waals surface area (Å²) in [5.74, 6) is 0.0729. The lowest BCUT2D eigenvalue weighted by molar-refractivity contribution is -0.131. The van der Waals surface area contributed by atoms with Crippen LogP contribution in [0.15, 0.2) is 0 Å². The quantitative estimate of drug-likeness (QED) is 0.683. The summed E-state index contributed by atoms with van der Waals surface area (Å²) in [6, 6.07) is 0. The zero-order valence-corrected chi connectivity index (χ0v) is 12.6. The van der Waals surface area contributed by atoms with Gasteiger partial charge in [0.15, 0.2) is 0 Å². The molecule has 0 aromatic heterocycles. The molecule has 0 aliphatic heterocycles. The third-order valence-electron chi connectivity index (χ3n) is 2.89. The molecule has 0 radical (unpaired) electrons. The highest BCUT2D eigenvalue weighted by molar-refractivity contribution is 6.01. The van der Waals surface area contributed by atoms with E-state index in [1.165, 1.54) is 0 Å². The minimum absolute atomic E-state index is 0.00674. The summed E-state index contributed by atoms with van der Waals surface area (Å²) in [4.78, 5) is 34.9. The van der Waals surface area contributed by atoms with Gasteiger partial charge in [-0.05, 0) is 6.42 Å². The molecule has 0 rings (SSSR count). The van der Waals surface area contributed by atoms with Crippen molar-refractivity contribution < 1.29 is 14.4 Å². The number of rotatable bonds is 6. The highest BCUT2D eigenvalue weighted by Gasteiger charge is 2.24. The molecular weight excluding hydrogens is 228 g/mol. The Balaban J connectivity index is 4.01. The van der Waals surface area contributed by atoms with Crippen molar-refractivity contribution in [2.75, 3.05) is 0 Å². The van der Waals surface area contributed by atoms with Crippen molar-refractivity contribution in [3.8, 4) is 0 Å². The maximum atomic E-state index is 11.6. The number of hydrogen-bond acceptors (Lipinski definition) is 3. The third-order valence-corrected chi connectivity index (χ3v) is 2.89. The van der Waals surface area contributed by atoms with Gasteiger partial charge in [0.2, 0.25) is 0 Å². The summed E-state index contributed by atoms with van der Waals surface area (Å²) < 4.78 is 0. The average molecular weight is 254 g/mol. The van der Waals surface area contributed by atoms with Gasteiger partial charge in [-0.25, -0.2) is 0 Å². The normalized spacial score (nSPS) is 12.3. The predicted octanol–water partition coefficient (Wildman–Crippen LogP) is 3.35. The molecule has 0 bridgehead atoms. The van der Waals surface area contributed by atoms with E-state index >= 15 is 0 Å². The Kier molecular flexibility index (Phi) is 5.91. The molecular formula is C15H26O3. The molecule has 0 aromatic carbocycles. The molecule has 0 atom stereocenters. The Labute approximate surface area is 110 Å². The van der Waals surface area contributed by atoms with Gasteiger partial charge >= 0.3 is 0 Å². The van der Waals surface area contributed by atoms with Crippen LogP contribution in [0.3, 0.4) is 0 Å². The molecule has 0 aliphatic rings. The number of Topliss-reactive ketones (excluding diaryl/α,β-unsaturated/α-hetero) is 3. The molecule has 0 aliphatic carbocycles. The van der Waals surface area contributed by atoms with E-state index < -0.39 is 5.41 Å². The highest BCUT2D eigenvalue weighted by Crippen LogP contribution is 2.20. The Hall–Kier alpha value is -0.990. The van der Waals surface area contributed by atoms with Crippen LogP contribution in [-0.2, 0) is 14.4 Å². The Bertz CT molecular complexity index is 327. The van der Waals surface area contributed by atoms with E-state index in [0.717, 1.165) is 0 Å². The molecule has 0 unspecified atom stereocenters. The third kappa shape index (κ3) is 6.67. The van der Waals surface area contributed by atoms with Gasteiger partial charge in [0, 0.05) is 23.7 Å². The fourth-order valence-corrected chi connectivity index (χ4v) is 1.35. The second-order valence-corrected chi connectivity index (χ2v) is 6.92. The molecule has 0 N–H and O–H groups in total. The summed E-state index contributed by atoms with van der Waals surface area (Å²) >= 11 is 0. The number of hydrogen-bond donors (Lipinski definition) is 0. The summed E-state index contributed by atoms with van der Waals surface area (Å²) in [5, 5.41) is 0. The fraction of sp³-hybridized carbons (Fsp3) is 0.800. The molecule has 3 heteroatoms. The van der Waals surface area contributed by atoms with Crippen LogP contribution < -0.4 is 0 Å². The van der Waals surface area contributed by atoms with Gasteiger partial charge in [-0.15, -0.1) is 0 Å². The number of carbonyl (C=O) groups is 3. The molecule has 18 heavy (non-hydrogen) atoms. The number of carbonyl (C=O) groups excluding carboxylic acids is 3. The van der Waals surface area contributed by atoms with Crippen molar-refractivity contribution in [2.45, 2.75) is 67.2 Å². The van der Waals surface area contributed by atoms with E-state index in [4.69, 9.17) is 0 Å². The SMILES string of the molecule is CC(C)(C)C(=O)CCCC(=O)CC(=O)C(C)(C)C. The maximum Gasteiger partial charge on any atom is 0.145 e. The molecule has 0 spiro atoms. The van der Waals surface area contributed by atoms with Gasteiger partial charge in [0.25, 0.3) is 0 Å². The highest BCUT2D eigenvalue weighted by atomic mass is 16.1. The second kappa shape index (κ2) is 6.26. The second-order valence-electron chi connectivity index (χ2n) is 6.92.